The summed E-state index contributed by atoms with van der Waals surface area (Å²) < 4.78 is 6.07. The van der Waals surface area contributed by atoms with Crippen LogP contribution in [0.2, 0.25) is 0 Å². The second kappa shape index (κ2) is 10.1. The molecule has 0 saturated carbocycles. The minimum absolute atomic E-state index is 0.0420. The Labute approximate surface area is 220 Å². The minimum Gasteiger partial charge on any atom is -0.478 e. The van der Waals surface area contributed by atoms with E-state index in [0.717, 1.165) is 16.7 Å². The van der Waals surface area contributed by atoms with Gasteiger partial charge in [-0.05, 0) is 59.5 Å². The Morgan fingerprint density at radius 3 is 2.76 bits per heavy atom. The molecule has 0 saturated heterocycles. The third kappa shape index (κ3) is 4.61. The van der Waals surface area contributed by atoms with Gasteiger partial charge >= 0.3 is 11.9 Å². The van der Waals surface area contributed by atoms with Crippen LogP contribution >= 0.6 is 11.3 Å². The molecular weight excluding hydrogens is 510 g/mol. The van der Waals surface area contributed by atoms with Gasteiger partial charge < -0.3 is 20.5 Å². The first-order valence-corrected chi connectivity index (χ1v) is 12.6. The van der Waals surface area contributed by atoms with Gasteiger partial charge in [0.15, 0.2) is 5.65 Å². The number of benzene rings is 1. The number of fused-ring (bicyclic) bond motifs is 2. The van der Waals surface area contributed by atoms with Gasteiger partial charge in [0.25, 0.3) is 11.8 Å². The van der Waals surface area contributed by atoms with Crippen molar-refractivity contribution < 1.29 is 29.0 Å². The van der Waals surface area contributed by atoms with Crippen LogP contribution in [-0.2, 0) is 17.7 Å². The number of aromatic nitrogens is 3. The standard InChI is InChI=1S/C26H23N5O6S/c1-13-15-5-6-18(17(15)4-3-16(13)25(34)35)30-24(33)20-10-19(29-22-7-8-28-31(20)22)23(32)27-11-14-9-21(38-12-14)26(36)37-2/h3-4,7-10,12,18H,5-6,11H2,1-2H3,(H,27,32)(H,30,33)(H,34,35)/t18-/m0/s1. The van der Waals surface area contributed by atoms with E-state index in [4.69, 9.17) is 4.74 Å². The van der Waals surface area contributed by atoms with Crippen LogP contribution in [-0.4, -0.2) is 50.6 Å². The number of nitrogens with one attached hydrogen (secondary N) is 2. The van der Waals surface area contributed by atoms with E-state index in [1.54, 1.807) is 36.6 Å². The molecule has 2 amide bonds. The van der Waals surface area contributed by atoms with Crippen LogP contribution in [0.5, 0.6) is 0 Å². The number of carboxylic acids is 1. The Kier molecular flexibility index (Phi) is 6.64. The number of amides is 2. The van der Waals surface area contributed by atoms with Crippen molar-refractivity contribution in [3.8, 4) is 0 Å². The molecule has 1 aromatic carbocycles. The van der Waals surface area contributed by atoms with Crippen LogP contribution in [0.15, 0.2) is 41.9 Å². The van der Waals surface area contributed by atoms with E-state index in [1.165, 1.54) is 35.2 Å². The summed E-state index contributed by atoms with van der Waals surface area (Å²) in [5.41, 5.74) is 4.01. The van der Waals surface area contributed by atoms with Crippen LogP contribution in [0.3, 0.4) is 0 Å². The molecule has 0 fully saturated rings. The molecule has 1 aliphatic carbocycles. The summed E-state index contributed by atoms with van der Waals surface area (Å²) in [6, 6.07) is 7.61. The number of hydrogen-bond acceptors (Lipinski definition) is 8. The fourth-order valence-electron chi connectivity index (χ4n) is 4.63. The Hall–Kier alpha value is -4.58. The number of methoxy groups -OCH3 is 1. The highest BCUT2D eigenvalue weighted by molar-refractivity contribution is 7.12. The van der Waals surface area contributed by atoms with Crippen LogP contribution < -0.4 is 10.6 Å². The first kappa shape index (κ1) is 25.1. The highest BCUT2D eigenvalue weighted by Gasteiger charge is 2.28. The van der Waals surface area contributed by atoms with Crippen molar-refractivity contribution in [2.45, 2.75) is 32.4 Å². The van der Waals surface area contributed by atoms with Gasteiger partial charge in [0, 0.05) is 18.7 Å². The number of rotatable bonds is 7. The van der Waals surface area contributed by atoms with Crippen LogP contribution in [0.1, 0.15) is 75.7 Å². The van der Waals surface area contributed by atoms with Crippen molar-refractivity contribution in [2.75, 3.05) is 7.11 Å². The summed E-state index contributed by atoms with van der Waals surface area (Å²) in [5.74, 6) is -2.35. The normalized spacial score (nSPS) is 14.2. The average Bonchev–Trinajstić information content (AvgIpc) is 3.66. The number of aromatic carboxylic acids is 1. The van der Waals surface area contributed by atoms with E-state index >= 15 is 0 Å². The molecule has 0 unspecified atom stereocenters. The molecule has 1 aliphatic rings. The number of nitrogens with zero attached hydrogens (tertiary/aromatic N) is 3. The van der Waals surface area contributed by atoms with Gasteiger partial charge in [-0.2, -0.15) is 5.10 Å². The SMILES string of the molecule is COC(=O)c1cc(CNC(=O)c2cc(C(=O)N[C@H]3CCc4c3ccc(C(=O)O)c4C)n3nccc3n2)cs1. The lowest BCUT2D eigenvalue weighted by molar-refractivity contribution is 0.0605. The second-order valence-corrected chi connectivity index (χ2v) is 9.71. The first-order valence-electron chi connectivity index (χ1n) is 11.7. The van der Waals surface area contributed by atoms with E-state index in [1.807, 2.05) is 0 Å². The zero-order chi connectivity index (χ0) is 27.0. The van der Waals surface area contributed by atoms with Gasteiger partial charge in [-0.25, -0.2) is 19.1 Å². The third-order valence-corrected chi connectivity index (χ3v) is 7.51. The number of carbonyl (C=O) groups is 4. The van der Waals surface area contributed by atoms with Crippen LogP contribution in [0.25, 0.3) is 5.65 Å². The molecule has 12 heteroatoms. The molecule has 11 nitrogen and oxygen atoms in total. The summed E-state index contributed by atoms with van der Waals surface area (Å²) in [5, 5.41) is 21.1. The molecule has 4 aromatic rings. The number of carbonyl (C=O) groups excluding carboxylic acids is 3. The highest BCUT2D eigenvalue weighted by Crippen LogP contribution is 2.35. The molecule has 3 N–H and O–H groups in total. The van der Waals surface area contributed by atoms with Crippen molar-refractivity contribution in [1.29, 1.82) is 0 Å². The molecule has 5 rings (SSSR count). The summed E-state index contributed by atoms with van der Waals surface area (Å²) in [6.07, 6.45) is 2.76. The largest absolute Gasteiger partial charge is 0.478 e. The quantitative estimate of drug-likeness (QED) is 0.307. The molecule has 0 aliphatic heterocycles. The van der Waals surface area contributed by atoms with Gasteiger partial charge in [0.1, 0.15) is 16.3 Å². The Morgan fingerprint density at radius 2 is 2.00 bits per heavy atom. The zero-order valence-electron chi connectivity index (χ0n) is 20.5. The topological polar surface area (TPSA) is 152 Å². The van der Waals surface area contributed by atoms with Gasteiger partial charge in [-0.1, -0.05) is 6.07 Å². The lowest BCUT2D eigenvalue weighted by atomic mass is 9.98. The van der Waals surface area contributed by atoms with E-state index < -0.39 is 23.8 Å². The molecule has 3 heterocycles. The average molecular weight is 534 g/mol. The number of carboxylic acid groups (broad SMARTS) is 1. The number of ether oxygens (including phenoxy) is 1. The fourth-order valence-corrected chi connectivity index (χ4v) is 5.46. The Bertz CT molecular complexity index is 1610. The van der Waals surface area contributed by atoms with Gasteiger partial charge in [0.2, 0.25) is 0 Å². The lowest BCUT2D eigenvalue weighted by Crippen LogP contribution is -2.30. The van der Waals surface area contributed by atoms with E-state index in [9.17, 15) is 24.3 Å². The van der Waals surface area contributed by atoms with E-state index in [2.05, 4.69) is 20.7 Å². The van der Waals surface area contributed by atoms with Gasteiger partial charge in [0.05, 0.1) is 24.9 Å². The smallest absolute Gasteiger partial charge is 0.348 e. The van der Waals surface area contributed by atoms with Crippen molar-refractivity contribution in [1.82, 2.24) is 25.2 Å². The summed E-state index contributed by atoms with van der Waals surface area (Å²) in [6.45, 7) is 1.94. The van der Waals surface area contributed by atoms with Crippen molar-refractivity contribution in [3.05, 3.63) is 86.0 Å². The molecule has 0 bridgehead atoms. The molecule has 0 spiro atoms. The summed E-state index contributed by atoms with van der Waals surface area (Å²) in [7, 11) is 1.30. The molecule has 38 heavy (non-hydrogen) atoms. The Morgan fingerprint density at radius 1 is 1.18 bits per heavy atom. The summed E-state index contributed by atoms with van der Waals surface area (Å²) >= 11 is 1.22. The number of esters is 1. The maximum atomic E-state index is 13.4. The van der Waals surface area contributed by atoms with E-state index in [-0.39, 0.29) is 29.5 Å². The van der Waals surface area contributed by atoms with Gasteiger partial charge in [-0.15, -0.1) is 11.3 Å². The molecule has 1 atom stereocenters. The van der Waals surface area contributed by atoms with Crippen LogP contribution in [0.4, 0.5) is 0 Å². The maximum absolute atomic E-state index is 13.4. The lowest BCUT2D eigenvalue weighted by Gasteiger charge is -2.16. The second-order valence-electron chi connectivity index (χ2n) is 8.80. The highest BCUT2D eigenvalue weighted by atomic mass is 32.1. The molecular formula is C26H23N5O6S. The zero-order valence-corrected chi connectivity index (χ0v) is 21.3. The minimum atomic E-state index is -0.982. The van der Waals surface area contributed by atoms with E-state index in [0.29, 0.717) is 28.9 Å². The molecule has 3 aromatic heterocycles. The van der Waals surface area contributed by atoms with Gasteiger partial charge in [-0.3, -0.25) is 9.59 Å². The number of hydrogen-bond donors (Lipinski definition) is 3. The maximum Gasteiger partial charge on any atom is 0.348 e. The fraction of sp³-hybridized carbons (Fsp3) is 0.231. The van der Waals surface area contributed by atoms with Crippen molar-refractivity contribution >= 4 is 40.7 Å². The Balaban J connectivity index is 1.35. The third-order valence-electron chi connectivity index (χ3n) is 6.55. The van der Waals surface area contributed by atoms with Crippen LogP contribution in [0, 0.1) is 6.92 Å². The number of thiophene rings is 1. The molecule has 0 radical (unpaired) electrons. The predicted octanol–water partition coefficient (Wildman–Crippen LogP) is 2.93. The molecule has 194 valence electrons. The monoisotopic (exact) mass is 533 g/mol. The van der Waals surface area contributed by atoms with Crippen molar-refractivity contribution in [2.24, 2.45) is 0 Å². The van der Waals surface area contributed by atoms with Crippen molar-refractivity contribution in [3.63, 3.8) is 0 Å². The predicted molar refractivity (Wildman–Crippen MR) is 136 cm³/mol. The summed E-state index contributed by atoms with van der Waals surface area (Å²) in [4.78, 5) is 54.2. The first-order chi connectivity index (χ1) is 18.3.